The van der Waals surface area contributed by atoms with Gasteiger partial charge >= 0.3 is 0 Å². The number of benzene rings is 1. The Morgan fingerprint density at radius 3 is 2.87 bits per heavy atom. The van der Waals surface area contributed by atoms with E-state index < -0.39 is 0 Å². The number of halogens is 2. The summed E-state index contributed by atoms with van der Waals surface area (Å²) in [6.45, 7) is 1.86. The minimum absolute atomic E-state index is 0.843. The van der Waals surface area contributed by atoms with E-state index in [1.54, 1.807) is 7.11 Å². The Morgan fingerprint density at radius 2 is 2.20 bits per heavy atom. The number of rotatable bonds is 6. The van der Waals surface area contributed by atoms with Crippen molar-refractivity contribution in [2.45, 2.75) is 13.0 Å². The Labute approximate surface area is 108 Å². The summed E-state index contributed by atoms with van der Waals surface area (Å²) in [5.41, 5.74) is 1.18. The van der Waals surface area contributed by atoms with E-state index in [1.165, 1.54) is 5.56 Å². The Balaban J connectivity index is 2.54. The molecule has 1 aromatic carbocycles. The minimum Gasteiger partial charge on any atom is -0.496 e. The minimum atomic E-state index is 0.843. The second-order valence-corrected chi connectivity index (χ2v) is 4.88. The summed E-state index contributed by atoms with van der Waals surface area (Å²) in [5, 5.41) is 4.41. The van der Waals surface area contributed by atoms with Gasteiger partial charge in [0.05, 0.1) is 7.11 Å². The predicted molar refractivity (Wildman–Crippen MR) is 70.8 cm³/mol. The summed E-state index contributed by atoms with van der Waals surface area (Å²) < 4.78 is 6.37. The van der Waals surface area contributed by atoms with Gasteiger partial charge in [-0.05, 0) is 31.2 Å². The van der Waals surface area contributed by atoms with Crippen LogP contribution < -0.4 is 10.1 Å². The van der Waals surface area contributed by atoms with Gasteiger partial charge in [-0.3, -0.25) is 0 Å². The third-order valence-corrected chi connectivity index (χ3v) is 3.10. The van der Waals surface area contributed by atoms with Crippen LogP contribution in [-0.2, 0) is 6.54 Å². The van der Waals surface area contributed by atoms with E-state index in [-0.39, 0.29) is 0 Å². The summed E-state index contributed by atoms with van der Waals surface area (Å²) in [5.74, 6) is 0.935. The van der Waals surface area contributed by atoms with Crippen molar-refractivity contribution in [1.29, 1.82) is 0 Å². The molecule has 0 heterocycles. The average Bonchev–Trinajstić information content (AvgIpc) is 2.25. The molecule has 0 saturated carbocycles. The molecule has 2 nitrogen and oxygen atoms in total. The highest BCUT2D eigenvalue weighted by Crippen LogP contribution is 2.22. The predicted octanol–water partition coefficient (Wildman–Crippen LogP) is 3.33. The first-order valence-electron chi connectivity index (χ1n) is 4.87. The Morgan fingerprint density at radius 1 is 1.40 bits per heavy atom. The lowest BCUT2D eigenvalue weighted by molar-refractivity contribution is 0.407. The zero-order chi connectivity index (χ0) is 11.1. The van der Waals surface area contributed by atoms with Crippen molar-refractivity contribution >= 4 is 31.9 Å². The smallest absolute Gasteiger partial charge is 0.123 e. The number of nitrogens with one attached hydrogen (secondary N) is 1. The maximum Gasteiger partial charge on any atom is 0.123 e. The molecule has 15 heavy (non-hydrogen) atoms. The van der Waals surface area contributed by atoms with Gasteiger partial charge in [-0.15, -0.1) is 0 Å². The first kappa shape index (κ1) is 13.0. The van der Waals surface area contributed by atoms with Crippen LogP contribution in [-0.4, -0.2) is 19.0 Å². The van der Waals surface area contributed by atoms with E-state index in [9.17, 15) is 0 Å². The van der Waals surface area contributed by atoms with Gasteiger partial charge in [-0.1, -0.05) is 31.9 Å². The molecule has 0 aliphatic carbocycles. The standard InChI is InChI=1S/C11H15Br2NO/c1-15-11-4-3-10(13)7-9(11)8-14-6-2-5-12/h3-4,7,14H,2,5-6,8H2,1H3. The molecule has 0 aromatic heterocycles. The van der Waals surface area contributed by atoms with E-state index >= 15 is 0 Å². The molecule has 4 heteroatoms. The summed E-state index contributed by atoms with van der Waals surface area (Å²) in [6, 6.07) is 6.05. The second kappa shape index (κ2) is 7.25. The van der Waals surface area contributed by atoms with Gasteiger partial charge < -0.3 is 10.1 Å². The Hall–Kier alpha value is -0.0600. The van der Waals surface area contributed by atoms with Crippen molar-refractivity contribution in [1.82, 2.24) is 5.32 Å². The highest BCUT2D eigenvalue weighted by atomic mass is 79.9. The second-order valence-electron chi connectivity index (χ2n) is 3.18. The number of methoxy groups -OCH3 is 1. The largest absolute Gasteiger partial charge is 0.496 e. The van der Waals surface area contributed by atoms with Gasteiger partial charge in [0.1, 0.15) is 5.75 Å². The molecule has 0 unspecified atom stereocenters. The van der Waals surface area contributed by atoms with Crippen molar-refractivity contribution in [3.8, 4) is 5.75 Å². The SMILES string of the molecule is COc1ccc(Br)cc1CNCCCBr. The number of hydrogen-bond acceptors (Lipinski definition) is 2. The quantitative estimate of drug-likeness (QED) is 0.635. The fourth-order valence-corrected chi connectivity index (χ4v) is 1.99. The van der Waals surface area contributed by atoms with Gasteiger partial charge in [0.25, 0.3) is 0 Å². The van der Waals surface area contributed by atoms with E-state index in [0.717, 1.165) is 35.1 Å². The lowest BCUT2D eigenvalue weighted by Crippen LogP contribution is -2.15. The first-order chi connectivity index (χ1) is 7.27. The van der Waals surface area contributed by atoms with Crippen molar-refractivity contribution in [3.05, 3.63) is 28.2 Å². The van der Waals surface area contributed by atoms with Crippen LogP contribution in [0.4, 0.5) is 0 Å². The van der Waals surface area contributed by atoms with Gasteiger partial charge in [0, 0.05) is 21.9 Å². The first-order valence-corrected chi connectivity index (χ1v) is 6.78. The van der Waals surface area contributed by atoms with Crippen LogP contribution in [0.2, 0.25) is 0 Å². The van der Waals surface area contributed by atoms with Crippen molar-refractivity contribution in [2.75, 3.05) is 19.0 Å². The van der Waals surface area contributed by atoms with Crippen LogP contribution in [0.5, 0.6) is 5.75 Å². The van der Waals surface area contributed by atoms with Crippen LogP contribution in [0.25, 0.3) is 0 Å². The van der Waals surface area contributed by atoms with Gasteiger partial charge in [0.15, 0.2) is 0 Å². The van der Waals surface area contributed by atoms with Gasteiger partial charge in [-0.25, -0.2) is 0 Å². The molecule has 1 rings (SSSR count). The summed E-state index contributed by atoms with van der Waals surface area (Å²) in [7, 11) is 1.70. The lowest BCUT2D eigenvalue weighted by Gasteiger charge is -2.09. The Kier molecular flexibility index (Phi) is 6.29. The molecule has 0 aliphatic heterocycles. The van der Waals surface area contributed by atoms with E-state index in [0.29, 0.717) is 0 Å². The molecule has 0 aliphatic rings. The van der Waals surface area contributed by atoms with Crippen LogP contribution in [0.15, 0.2) is 22.7 Å². The maximum atomic E-state index is 5.29. The molecule has 1 aromatic rings. The number of ether oxygens (including phenoxy) is 1. The Bertz CT molecular complexity index is 305. The molecule has 84 valence electrons. The number of alkyl halides is 1. The van der Waals surface area contributed by atoms with Crippen LogP contribution >= 0.6 is 31.9 Å². The fourth-order valence-electron chi connectivity index (χ4n) is 1.30. The third kappa shape index (κ3) is 4.53. The van der Waals surface area contributed by atoms with Crippen LogP contribution in [0.3, 0.4) is 0 Å². The molecule has 0 atom stereocenters. The summed E-state index contributed by atoms with van der Waals surface area (Å²) >= 11 is 6.86. The van der Waals surface area contributed by atoms with E-state index in [4.69, 9.17) is 4.74 Å². The highest BCUT2D eigenvalue weighted by Gasteiger charge is 2.02. The third-order valence-electron chi connectivity index (χ3n) is 2.05. The summed E-state index contributed by atoms with van der Waals surface area (Å²) in [6.07, 6.45) is 1.14. The highest BCUT2D eigenvalue weighted by molar-refractivity contribution is 9.10. The summed E-state index contributed by atoms with van der Waals surface area (Å²) in [4.78, 5) is 0. The zero-order valence-electron chi connectivity index (χ0n) is 8.72. The maximum absolute atomic E-state index is 5.29. The van der Waals surface area contributed by atoms with E-state index in [1.807, 2.05) is 12.1 Å². The molecule has 0 radical (unpaired) electrons. The monoisotopic (exact) mass is 335 g/mol. The molecule has 0 saturated heterocycles. The topological polar surface area (TPSA) is 21.3 Å². The van der Waals surface area contributed by atoms with Gasteiger partial charge in [0.2, 0.25) is 0 Å². The van der Waals surface area contributed by atoms with E-state index in [2.05, 4.69) is 43.2 Å². The molecular weight excluding hydrogens is 322 g/mol. The number of hydrogen-bond donors (Lipinski definition) is 1. The molecule has 0 amide bonds. The van der Waals surface area contributed by atoms with Crippen molar-refractivity contribution < 1.29 is 4.74 Å². The lowest BCUT2D eigenvalue weighted by atomic mass is 10.2. The molecule has 0 bridgehead atoms. The van der Waals surface area contributed by atoms with Gasteiger partial charge in [-0.2, -0.15) is 0 Å². The van der Waals surface area contributed by atoms with Crippen LogP contribution in [0.1, 0.15) is 12.0 Å². The zero-order valence-corrected chi connectivity index (χ0v) is 11.9. The van der Waals surface area contributed by atoms with Crippen LogP contribution in [0, 0.1) is 0 Å². The molecule has 0 spiro atoms. The average molecular weight is 337 g/mol. The van der Waals surface area contributed by atoms with Crippen molar-refractivity contribution in [2.24, 2.45) is 0 Å². The molecular formula is C11H15Br2NO. The normalized spacial score (nSPS) is 10.3. The fraction of sp³-hybridized carbons (Fsp3) is 0.455. The van der Waals surface area contributed by atoms with Crippen molar-refractivity contribution in [3.63, 3.8) is 0 Å². The molecule has 0 fully saturated rings. The molecule has 1 N–H and O–H groups in total.